The van der Waals surface area contributed by atoms with Crippen LogP contribution in [0.4, 0.5) is 0 Å². The lowest BCUT2D eigenvalue weighted by Gasteiger charge is -2.10. The van der Waals surface area contributed by atoms with E-state index in [1.54, 1.807) is 25.3 Å². The zero-order valence-corrected chi connectivity index (χ0v) is 15.6. The lowest BCUT2D eigenvalue weighted by atomic mass is 10.0. The van der Waals surface area contributed by atoms with Crippen LogP contribution in [-0.4, -0.2) is 25.5 Å². The molecule has 0 radical (unpaired) electrons. The molecule has 28 heavy (non-hydrogen) atoms. The van der Waals surface area contributed by atoms with Crippen LogP contribution in [-0.2, 0) is 16.1 Å². The fourth-order valence-corrected chi connectivity index (χ4v) is 2.73. The van der Waals surface area contributed by atoms with E-state index in [9.17, 15) is 9.59 Å². The fraction of sp³-hybridized carbons (Fsp3) is 0.130. The number of carbonyl (C=O) groups excluding carboxylic acids is 2. The molecule has 3 aromatic carbocycles. The Morgan fingerprint density at radius 3 is 2.18 bits per heavy atom. The van der Waals surface area contributed by atoms with E-state index in [4.69, 9.17) is 9.47 Å². The number of amides is 1. The van der Waals surface area contributed by atoms with Gasteiger partial charge in [-0.25, -0.2) is 0 Å². The first kappa shape index (κ1) is 19.2. The predicted molar refractivity (Wildman–Crippen MR) is 107 cm³/mol. The largest absolute Gasteiger partial charge is 0.496 e. The van der Waals surface area contributed by atoms with Crippen molar-refractivity contribution in [1.82, 2.24) is 5.32 Å². The third kappa shape index (κ3) is 4.98. The molecule has 5 heteroatoms. The molecule has 0 saturated carbocycles. The Morgan fingerprint density at radius 2 is 1.46 bits per heavy atom. The number of nitrogens with one attached hydrogen (secondary N) is 1. The zero-order valence-electron chi connectivity index (χ0n) is 15.6. The van der Waals surface area contributed by atoms with Crippen molar-refractivity contribution in [2.75, 3.05) is 13.7 Å². The molecule has 0 heterocycles. The van der Waals surface area contributed by atoms with E-state index in [1.807, 2.05) is 60.7 Å². The zero-order chi connectivity index (χ0) is 19.8. The van der Waals surface area contributed by atoms with E-state index in [0.717, 1.165) is 16.7 Å². The molecule has 0 saturated heterocycles. The molecular formula is C23H21NO4. The number of rotatable bonds is 7. The summed E-state index contributed by atoms with van der Waals surface area (Å²) >= 11 is 0. The molecule has 0 atom stereocenters. The quantitative estimate of drug-likeness (QED) is 0.638. The number of ether oxygens (including phenoxy) is 2. The van der Waals surface area contributed by atoms with E-state index in [1.165, 1.54) is 0 Å². The molecule has 0 aliphatic rings. The van der Waals surface area contributed by atoms with Gasteiger partial charge in [0.1, 0.15) is 18.9 Å². The van der Waals surface area contributed by atoms with Gasteiger partial charge in [0.05, 0.1) is 7.11 Å². The van der Waals surface area contributed by atoms with Gasteiger partial charge in [0, 0.05) is 11.1 Å². The normalized spacial score (nSPS) is 10.2. The van der Waals surface area contributed by atoms with Crippen LogP contribution in [0.1, 0.15) is 15.9 Å². The van der Waals surface area contributed by atoms with Crippen molar-refractivity contribution >= 4 is 11.9 Å². The van der Waals surface area contributed by atoms with E-state index in [2.05, 4.69) is 5.32 Å². The summed E-state index contributed by atoms with van der Waals surface area (Å²) < 4.78 is 10.4. The molecular weight excluding hydrogens is 354 g/mol. The lowest BCUT2D eigenvalue weighted by Crippen LogP contribution is -2.30. The van der Waals surface area contributed by atoms with E-state index in [-0.39, 0.29) is 19.1 Å². The van der Waals surface area contributed by atoms with Gasteiger partial charge in [0.15, 0.2) is 0 Å². The van der Waals surface area contributed by atoms with Crippen LogP contribution in [0.15, 0.2) is 78.9 Å². The maximum atomic E-state index is 12.2. The van der Waals surface area contributed by atoms with Crippen LogP contribution >= 0.6 is 0 Å². The van der Waals surface area contributed by atoms with Crippen molar-refractivity contribution in [3.63, 3.8) is 0 Å². The molecule has 0 bridgehead atoms. The molecule has 3 rings (SSSR count). The van der Waals surface area contributed by atoms with Crippen LogP contribution in [0, 0.1) is 0 Å². The SMILES string of the molecule is COc1ccccc1COC(=O)CNC(=O)c1ccc(-c2ccccc2)cc1. The summed E-state index contributed by atoms with van der Waals surface area (Å²) in [4.78, 5) is 24.1. The van der Waals surface area contributed by atoms with Gasteiger partial charge in [-0.2, -0.15) is 0 Å². The molecule has 5 nitrogen and oxygen atoms in total. The van der Waals surface area contributed by atoms with E-state index >= 15 is 0 Å². The second-order valence-electron chi connectivity index (χ2n) is 6.10. The standard InChI is InChI=1S/C23H21NO4/c1-27-21-10-6-5-9-20(21)16-28-22(25)15-24-23(26)19-13-11-18(12-14-19)17-7-3-2-4-8-17/h2-14H,15-16H2,1H3,(H,24,26). The first-order chi connectivity index (χ1) is 13.7. The minimum atomic E-state index is -0.514. The molecule has 0 aliphatic heterocycles. The number of methoxy groups -OCH3 is 1. The number of esters is 1. The van der Waals surface area contributed by atoms with Gasteiger partial charge in [0.2, 0.25) is 0 Å². The summed E-state index contributed by atoms with van der Waals surface area (Å²) in [6.07, 6.45) is 0. The first-order valence-electron chi connectivity index (χ1n) is 8.88. The monoisotopic (exact) mass is 375 g/mol. The second kappa shape index (κ2) is 9.37. The molecule has 142 valence electrons. The number of hydrogen-bond acceptors (Lipinski definition) is 4. The van der Waals surface area contributed by atoms with Crippen molar-refractivity contribution in [3.05, 3.63) is 90.0 Å². The van der Waals surface area contributed by atoms with Gasteiger partial charge in [-0.3, -0.25) is 9.59 Å². The fourth-order valence-electron chi connectivity index (χ4n) is 2.73. The van der Waals surface area contributed by atoms with Crippen molar-refractivity contribution in [3.8, 4) is 16.9 Å². The Morgan fingerprint density at radius 1 is 0.821 bits per heavy atom. The Bertz CT molecular complexity index is 936. The van der Waals surface area contributed by atoms with Gasteiger partial charge in [-0.15, -0.1) is 0 Å². The van der Waals surface area contributed by atoms with Crippen molar-refractivity contribution in [2.24, 2.45) is 0 Å². The summed E-state index contributed by atoms with van der Waals surface area (Å²) in [5.74, 6) is -0.188. The molecule has 1 N–H and O–H groups in total. The van der Waals surface area contributed by atoms with Crippen LogP contribution in [0.25, 0.3) is 11.1 Å². The van der Waals surface area contributed by atoms with Crippen molar-refractivity contribution < 1.29 is 19.1 Å². The van der Waals surface area contributed by atoms with Gasteiger partial charge >= 0.3 is 5.97 Å². The number of para-hydroxylation sites is 1. The van der Waals surface area contributed by atoms with Gasteiger partial charge < -0.3 is 14.8 Å². The molecule has 0 spiro atoms. The summed E-state index contributed by atoms with van der Waals surface area (Å²) in [6, 6.07) is 24.4. The highest BCUT2D eigenvalue weighted by atomic mass is 16.5. The molecule has 1 amide bonds. The first-order valence-corrected chi connectivity index (χ1v) is 8.88. The summed E-state index contributed by atoms with van der Waals surface area (Å²) in [7, 11) is 1.56. The maximum Gasteiger partial charge on any atom is 0.325 e. The minimum absolute atomic E-state index is 0.0878. The lowest BCUT2D eigenvalue weighted by molar-refractivity contribution is -0.143. The minimum Gasteiger partial charge on any atom is -0.496 e. The van der Waals surface area contributed by atoms with Crippen molar-refractivity contribution in [2.45, 2.75) is 6.61 Å². The smallest absolute Gasteiger partial charge is 0.325 e. The number of benzene rings is 3. The third-order valence-electron chi connectivity index (χ3n) is 4.23. The summed E-state index contributed by atoms with van der Waals surface area (Å²) in [5, 5.41) is 2.58. The highest BCUT2D eigenvalue weighted by Gasteiger charge is 2.10. The Kier molecular flexibility index (Phi) is 6.41. The number of hydrogen-bond donors (Lipinski definition) is 1. The van der Waals surface area contributed by atoms with Crippen molar-refractivity contribution in [1.29, 1.82) is 0 Å². The summed E-state index contributed by atoms with van der Waals surface area (Å²) in [6.45, 7) is -0.112. The molecule has 0 aromatic heterocycles. The van der Waals surface area contributed by atoms with E-state index in [0.29, 0.717) is 11.3 Å². The highest BCUT2D eigenvalue weighted by Crippen LogP contribution is 2.19. The summed E-state index contributed by atoms with van der Waals surface area (Å²) in [5.41, 5.74) is 3.35. The Hall–Kier alpha value is -3.60. The van der Waals surface area contributed by atoms with Crippen LogP contribution < -0.4 is 10.1 Å². The van der Waals surface area contributed by atoms with Gasteiger partial charge in [-0.1, -0.05) is 60.7 Å². The Labute approximate surface area is 163 Å². The van der Waals surface area contributed by atoms with Crippen LogP contribution in [0.2, 0.25) is 0 Å². The molecule has 0 aliphatic carbocycles. The topological polar surface area (TPSA) is 64.6 Å². The highest BCUT2D eigenvalue weighted by molar-refractivity contribution is 5.96. The van der Waals surface area contributed by atoms with Gasteiger partial charge in [-0.05, 0) is 29.3 Å². The van der Waals surface area contributed by atoms with Crippen LogP contribution in [0.3, 0.4) is 0 Å². The molecule has 0 unspecified atom stereocenters. The average Bonchev–Trinajstić information content (AvgIpc) is 2.77. The van der Waals surface area contributed by atoms with Crippen LogP contribution in [0.5, 0.6) is 5.75 Å². The second-order valence-corrected chi connectivity index (χ2v) is 6.10. The predicted octanol–water partition coefficient (Wildman–Crippen LogP) is 3.84. The molecule has 0 fully saturated rings. The molecule has 3 aromatic rings. The maximum absolute atomic E-state index is 12.2. The number of carbonyl (C=O) groups is 2. The average molecular weight is 375 g/mol. The van der Waals surface area contributed by atoms with Gasteiger partial charge in [0.25, 0.3) is 5.91 Å². The third-order valence-corrected chi connectivity index (χ3v) is 4.23. The Balaban J connectivity index is 1.50. The van der Waals surface area contributed by atoms with E-state index < -0.39 is 5.97 Å².